The molecule has 3 heterocycles. The molecule has 5 amide bonds. The van der Waals surface area contributed by atoms with Crippen LogP contribution in [0, 0.1) is 5.41 Å². The van der Waals surface area contributed by atoms with E-state index in [1.165, 1.54) is 0 Å². The Balaban J connectivity index is 1.75. The van der Waals surface area contributed by atoms with E-state index in [9.17, 15) is 19.2 Å². The average Bonchev–Trinajstić information content (AvgIpc) is 2.63. The summed E-state index contributed by atoms with van der Waals surface area (Å²) >= 11 is 0. The fourth-order valence-corrected chi connectivity index (χ4v) is 4.95. The lowest BCUT2D eigenvalue weighted by atomic mass is 9.66. The van der Waals surface area contributed by atoms with Gasteiger partial charge in [-0.25, -0.2) is 9.59 Å². The van der Waals surface area contributed by atoms with E-state index < -0.39 is 47.1 Å². The fraction of sp³-hybridized carbons (Fsp3) is 0.545. The number of nitrogens with one attached hydrogen (secondary N) is 3. The van der Waals surface area contributed by atoms with Crippen LogP contribution in [0.1, 0.15) is 40.2 Å². The molecule has 4 rings (SSSR count). The highest BCUT2D eigenvalue weighted by Crippen LogP contribution is 2.47. The SMILES string of the molecule is C[C@@H]1CN2c3ccc(NC(=O)OC(C)(C)C)cc3CC3(C(=O)NC(=O)NC3=O)C2[C@H](C)O1. The van der Waals surface area contributed by atoms with Crippen LogP contribution in [0.25, 0.3) is 0 Å². The summed E-state index contributed by atoms with van der Waals surface area (Å²) in [6.07, 6.45) is -1.11. The number of ether oxygens (including phenoxy) is 2. The van der Waals surface area contributed by atoms with E-state index in [1.807, 2.05) is 24.8 Å². The molecule has 172 valence electrons. The van der Waals surface area contributed by atoms with Crippen LogP contribution in [0.15, 0.2) is 18.2 Å². The van der Waals surface area contributed by atoms with Gasteiger partial charge in [-0.2, -0.15) is 0 Å². The lowest BCUT2D eigenvalue weighted by Gasteiger charge is -2.55. The highest BCUT2D eigenvalue weighted by molar-refractivity contribution is 6.20. The van der Waals surface area contributed by atoms with Crippen LogP contribution >= 0.6 is 0 Å². The lowest BCUT2D eigenvalue weighted by molar-refractivity contribution is -0.153. The Kier molecular flexibility index (Phi) is 5.15. The van der Waals surface area contributed by atoms with Crippen LogP contribution in [-0.2, 0) is 25.5 Å². The third kappa shape index (κ3) is 3.68. The van der Waals surface area contributed by atoms with Crippen LogP contribution in [0.5, 0.6) is 0 Å². The quantitative estimate of drug-likeness (QED) is 0.565. The van der Waals surface area contributed by atoms with E-state index in [1.54, 1.807) is 32.9 Å². The Labute approximate surface area is 186 Å². The summed E-state index contributed by atoms with van der Waals surface area (Å²) in [5, 5.41) is 7.21. The van der Waals surface area contributed by atoms with Gasteiger partial charge in [0, 0.05) is 17.9 Å². The lowest BCUT2D eigenvalue weighted by Crippen LogP contribution is -2.75. The molecule has 2 saturated heterocycles. The summed E-state index contributed by atoms with van der Waals surface area (Å²) in [6, 6.07) is 3.92. The Morgan fingerprint density at radius 1 is 1.19 bits per heavy atom. The molecule has 1 unspecified atom stereocenters. The molecule has 0 radical (unpaired) electrons. The summed E-state index contributed by atoms with van der Waals surface area (Å²) in [5.74, 6) is -1.30. The Morgan fingerprint density at radius 3 is 2.47 bits per heavy atom. The van der Waals surface area contributed by atoms with Crippen molar-refractivity contribution in [2.45, 2.75) is 64.9 Å². The van der Waals surface area contributed by atoms with Crippen molar-refractivity contribution in [2.24, 2.45) is 5.41 Å². The van der Waals surface area contributed by atoms with Gasteiger partial charge in [-0.05, 0) is 64.8 Å². The molecule has 2 fully saturated rings. The van der Waals surface area contributed by atoms with Gasteiger partial charge in [-0.3, -0.25) is 25.5 Å². The summed E-state index contributed by atoms with van der Waals surface area (Å²) in [4.78, 5) is 52.3. The third-order valence-electron chi connectivity index (χ3n) is 5.95. The number of urea groups is 1. The highest BCUT2D eigenvalue weighted by atomic mass is 16.6. The van der Waals surface area contributed by atoms with E-state index in [0.29, 0.717) is 17.8 Å². The van der Waals surface area contributed by atoms with Gasteiger partial charge in [0.25, 0.3) is 0 Å². The molecule has 0 bridgehead atoms. The van der Waals surface area contributed by atoms with Crippen molar-refractivity contribution in [1.29, 1.82) is 0 Å². The molecule has 0 saturated carbocycles. The zero-order chi connectivity index (χ0) is 23.4. The molecule has 3 atom stereocenters. The van der Waals surface area contributed by atoms with Gasteiger partial charge < -0.3 is 14.4 Å². The van der Waals surface area contributed by atoms with Crippen molar-refractivity contribution in [1.82, 2.24) is 10.6 Å². The molecule has 3 aliphatic heterocycles. The number of nitrogens with zero attached hydrogens (tertiary/aromatic N) is 1. The Bertz CT molecular complexity index is 981. The first-order valence-electron chi connectivity index (χ1n) is 10.6. The van der Waals surface area contributed by atoms with Gasteiger partial charge in [-0.15, -0.1) is 0 Å². The van der Waals surface area contributed by atoms with Gasteiger partial charge in [-0.1, -0.05) is 0 Å². The number of amides is 5. The number of anilines is 2. The minimum absolute atomic E-state index is 0.0559. The largest absolute Gasteiger partial charge is 0.444 e. The summed E-state index contributed by atoms with van der Waals surface area (Å²) < 4.78 is 11.3. The zero-order valence-corrected chi connectivity index (χ0v) is 18.8. The van der Waals surface area contributed by atoms with Gasteiger partial charge in [0.1, 0.15) is 5.60 Å². The first kappa shape index (κ1) is 22.1. The van der Waals surface area contributed by atoms with E-state index >= 15 is 0 Å². The predicted octanol–water partition coefficient (Wildman–Crippen LogP) is 1.92. The third-order valence-corrected chi connectivity index (χ3v) is 5.95. The normalized spacial score (nSPS) is 26.6. The molecule has 1 aromatic rings. The van der Waals surface area contributed by atoms with E-state index in [0.717, 1.165) is 5.69 Å². The molecule has 10 nitrogen and oxygen atoms in total. The molecule has 1 spiro atoms. The Morgan fingerprint density at radius 2 is 1.84 bits per heavy atom. The topological polar surface area (TPSA) is 126 Å². The number of carbonyl (C=O) groups is 4. The monoisotopic (exact) mass is 444 g/mol. The van der Waals surface area contributed by atoms with Gasteiger partial charge in [0.2, 0.25) is 11.8 Å². The molecule has 0 aromatic heterocycles. The highest BCUT2D eigenvalue weighted by Gasteiger charge is 2.62. The van der Waals surface area contributed by atoms with Crippen molar-refractivity contribution in [2.75, 3.05) is 16.8 Å². The zero-order valence-electron chi connectivity index (χ0n) is 18.8. The maximum absolute atomic E-state index is 13.1. The van der Waals surface area contributed by atoms with Crippen LogP contribution in [0.2, 0.25) is 0 Å². The molecular formula is C22H28N4O6. The van der Waals surface area contributed by atoms with Crippen molar-refractivity contribution < 1.29 is 28.7 Å². The van der Waals surface area contributed by atoms with Gasteiger partial charge >= 0.3 is 12.1 Å². The van der Waals surface area contributed by atoms with Crippen LogP contribution < -0.4 is 20.9 Å². The Hall–Kier alpha value is -3.14. The maximum atomic E-state index is 13.1. The number of fused-ring (bicyclic) bond motifs is 4. The minimum Gasteiger partial charge on any atom is -0.444 e. The van der Waals surface area contributed by atoms with Crippen molar-refractivity contribution >= 4 is 35.3 Å². The molecular weight excluding hydrogens is 416 g/mol. The summed E-state index contributed by atoms with van der Waals surface area (Å²) in [6.45, 7) is 9.53. The van der Waals surface area contributed by atoms with Gasteiger partial charge in [0.05, 0.1) is 18.2 Å². The molecule has 0 aliphatic carbocycles. The maximum Gasteiger partial charge on any atom is 0.412 e. The summed E-state index contributed by atoms with van der Waals surface area (Å²) in [5.41, 5.74) is -0.162. The number of benzene rings is 1. The minimum atomic E-state index is -1.55. The number of rotatable bonds is 1. The number of hydrogen-bond acceptors (Lipinski definition) is 7. The van der Waals surface area contributed by atoms with Crippen LogP contribution in [0.4, 0.5) is 21.0 Å². The fourth-order valence-electron chi connectivity index (χ4n) is 4.95. The first-order valence-corrected chi connectivity index (χ1v) is 10.6. The van der Waals surface area contributed by atoms with Crippen molar-refractivity contribution in [3.8, 4) is 0 Å². The number of morpholine rings is 1. The number of hydrogen-bond donors (Lipinski definition) is 3. The average molecular weight is 444 g/mol. The summed E-state index contributed by atoms with van der Waals surface area (Å²) in [7, 11) is 0. The second-order valence-electron chi connectivity index (χ2n) is 9.60. The van der Waals surface area contributed by atoms with Gasteiger partial charge in [0.15, 0.2) is 5.41 Å². The van der Waals surface area contributed by atoms with Crippen molar-refractivity contribution in [3.63, 3.8) is 0 Å². The second kappa shape index (κ2) is 7.47. The van der Waals surface area contributed by atoms with Crippen LogP contribution in [0.3, 0.4) is 0 Å². The van der Waals surface area contributed by atoms with E-state index in [2.05, 4.69) is 16.0 Å². The second-order valence-corrected chi connectivity index (χ2v) is 9.60. The first-order chi connectivity index (χ1) is 14.9. The predicted molar refractivity (Wildman–Crippen MR) is 115 cm³/mol. The van der Waals surface area contributed by atoms with Crippen molar-refractivity contribution in [3.05, 3.63) is 23.8 Å². The molecule has 3 aliphatic rings. The number of imide groups is 2. The van der Waals surface area contributed by atoms with E-state index in [-0.39, 0.29) is 12.5 Å². The number of barbiturate groups is 1. The molecule has 3 N–H and O–H groups in total. The molecule has 1 aromatic carbocycles. The smallest absolute Gasteiger partial charge is 0.412 e. The standard InChI is InChI=1S/C22H28N4O6/c1-11-10-26-15-7-6-14(23-20(30)32-21(3,4)5)8-13(15)9-22(16(26)12(2)31-11)17(27)24-19(29)25-18(22)28/h6-8,11-12,16H,9-10H2,1-5H3,(H,23,30)(H2,24,25,27,28,29)/t11-,12+,16?/m1/s1. The van der Waals surface area contributed by atoms with E-state index in [4.69, 9.17) is 9.47 Å². The molecule has 10 heteroatoms. The number of carbonyl (C=O) groups excluding carboxylic acids is 4. The van der Waals surface area contributed by atoms with Crippen LogP contribution in [-0.4, -0.2) is 54.3 Å². The molecule has 32 heavy (non-hydrogen) atoms.